The van der Waals surface area contributed by atoms with E-state index in [9.17, 15) is 8.78 Å². The molecule has 0 aromatic heterocycles. The van der Waals surface area contributed by atoms with E-state index in [-0.39, 0.29) is 6.54 Å². The van der Waals surface area contributed by atoms with Crippen molar-refractivity contribution in [3.8, 4) is 11.5 Å². The molecule has 0 heterocycles. The molecule has 0 radical (unpaired) electrons. The average molecular weight is 279 g/mol. The van der Waals surface area contributed by atoms with Crippen molar-refractivity contribution in [2.24, 2.45) is 0 Å². The van der Waals surface area contributed by atoms with E-state index in [1.165, 1.54) is 12.1 Å². The molecule has 106 valence electrons. The number of hydrogen-bond donors (Lipinski definition) is 1. The summed E-state index contributed by atoms with van der Waals surface area (Å²) >= 11 is 0. The SMILES string of the molecule is COc1ccc(OC)c(NCc2cc(F)cc(F)c2)c1. The van der Waals surface area contributed by atoms with Crippen LogP contribution in [0.5, 0.6) is 11.5 Å². The van der Waals surface area contributed by atoms with Gasteiger partial charge in [-0.05, 0) is 29.8 Å². The van der Waals surface area contributed by atoms with E-state index < -0.39 is 11.6 Å². The summed E-state index contributed by atoms with van der Waals surface area (Å²) in [7, 11) is 3.11. The Bertz CT molecular complexity index is 582. The van der Waals surface area contributed by atoms with Crippen LogP contribution in [0, 0.1) is 11.6 Å². The number of nitrogens with one attached hydrogen (secondary N) is 1. The van der Waals surface area contributed by atoms with Gasteiger partial charge in [-0.3, -0.25) is 0 Å². The largest absolute Gasteiger partial charge is 0.497 e. The highest BCUT2D eigenvalue weighted by atomic mass is 19.1. The van der Waals surface area contributed by atoms with Crippen LogP contribution < -0.4 is 14.8 Å². The Kier molecular flexibility index (Phi) is 4.40. The monoisotopic (exact) mass is 279 g/mol. The van der Waals surface area contributed by atoms with Gasteiger partial charge in [0.1, 0.15) is 23.1 Å². The van der Waals surface area contributed by atoms with Gasteiger partial charge in [-0.2, -0.15) is 0 Å². The van der Waals surface area contributed by atoms with E-state index in [4.69, 9.17) is 9.47 Å². The van der Waals surface area contributed by atoms with Crippen molar-refractivity contribution in [1.29, 1.82) is 0 Å². The molecule has 0 aliphatic rings. The molecule has 0 aliphatic carbocycles. The molecule has 0 saturated heterocycles. The molecule has 2 rings (SSSR count). The van der Waals surface area contributed by atoms with Crippen LogP contribution in [0.3, 0.4) is 0 Å². The highest BCUT2D eigenvalue weighted by Crippen LogP contribution is 2.29. The summed E-state index contributed by atoms with van der Waals surface area (Å²) in [6, 6.07) is 8.69. The van der Waals surface area contributed by atoms with Gasteiger partial charge in [0.25, 0.3) is 0 Å². The van der Waals surface area contributed by atoms with Crippen LogP contribution in [0.1, 0.15) is 5.56 Å². The van der Waals surface area contributed by atoms with Gasteiger partial charge in [-0.25, -0.2) is 8.78 Å². The lowest BCUT2D eigenvalue weighted by atomic mass is 10.2. The quantitative estimate of drug-likeness (QED) is 0.907. The van der Waals surface area contributed by atoms with Gasteiger partial charge >= 0.3 is 0 Å². The smallest absolute Gasteiger partial charge is 0.142 e. The van der Waals surface area contributed by atoms with E-state index in [1.54, 1.807) is 32.4 Å². The number of methoxy groups -OCH3 is 2. The summed E-state index contributed by atoms with van der Waals surface area (Å²) in [5.74, 6) is 0.0974. The molecule has 0 amide bonds. The van der Waals surface area contributed by atoms with Crippen LogP contribution in [0.2, 0.25) is 0 Å². The molecule has 0 spiro atoms. The van der Waals surface area contributed by atoms with Gasteiger partial charge in [0.15, 0.2) is 0 Å². The molecule has 3 nitrogen and oxygen atoms in total. The first-order chi connectivity index (χ1) is 9.62. The predicted octanol–water partition coefficient (Wildman–Crippen LogP) is 3.59. The Morgan fingerprint density at radius 2 is 1.65 bits per heavy atom. The third-order valence-electron chi connectivity index (χ3n) is 2.81. The minimum atomic E-state index is -0.598. The summed E-state index contributed by atoms with van der Waals surface area (Å²) < 4.78 is 36.6. The minimum absolute atomic E-state index is 0.276. The molecular weight excluding hydrogens is 264 g/mol. The van der Waals surface area contributed by atoms with Crippen LogP contribution in [-0.4, -0.2) is 14.2 Å². The van der Waals surface area contributed by atoms with Gasteiger partial charge in [0, 0.05) is 18.7 Å². The second-order valence-corrected chi connectivity index (χ2v) is 4.20. The lowest BCUT2D eigenvalue weighted by Gasteiger charge is -2.12. The Morgan fingerprint density at radius 3 is 2.25 bits per heavy atom. The third kappa shape index (κ3) is 3.38. The zero-order chi connectivity index (χ0) is 14.5. The maximum absolute atomic E-state index is 13.1. The van der Waals surface area contributed by atoms with Crippen LogP contribution in [-0.2, 0) is 6.54 Å². The summed E-state index contributed by atoms with van der Waals surface area (Å²) in [6.45, 7) is 0.276. The first-order valence-electron chi connectivity index (χ1n) is 6.03. The van der Waals surface area contributed by atoms with E-state index >= 15 is 0 Å². The summed E-state index contributed by atoms with van der Waals surface area (Å²) in [6.07, 6.45) is 0. The Balaban J connectivity index is 2.17. The van der Waals surface area contributed by atoms with Gasteiger partial charge in [0.2, 0.25) is 0 Å². The minimum Gasteiger partial charge on any atom is -0.497 e. The number of ether oxygens (including phenoxy) is 2. The number of rotatable bonds is 5. The molecule has 0 fully saturated rings. The molecule has 0 atom stereocenters. The molecule has 20 heavy (non-hydrogen) atoms. The Hall–Kier alpha value is -2.30. The van der Waals surface area contributed by atoms with Crippen molar-refractivity contribution < 1.29 is 18.3 Å². The van der Waals surface area contributed by atoms with Gasteiger partial charge in [-0.1, -0.05) is 0 Å². The maximum Gasteiger partial charge on any atom is 0.142 e. The van der Waals surface area contributed by atoms with Crippen molar-refractivity contribution >= 4 is 5.69 Å². The Labute approximate surface area is 116 Å². The number of hydrogen-bond acceptors (Lipinski definition) is 3. The third-order valence-corrected chi connectivity index (χ3v) is 2.81. The number of halogens is 2. The average Bonchev–Trinajstić information content (AvgIpc) is 2.43. The molecule has 1 N–H and O–H groups in total. The first-order valence-corrected chi connectivity index (χ1v) is 6.03. The summed E-state index contributed by atoms with van der Waals surface area (Å²) in [5, 5.41) is 3.07. The second kappa shape index (κ2) is 6.23. The van der Waals surface area contributed by atoms with Crippen molar-refractivity contribution in [2.45, 2.75) is 6.54 Å². The van der Waals surface area contributed by atoms with Gasteiger partial charge < -0.3 is 14.8 Å². The van der Waals surface area contributed by atoms with E-state index in [0.717, 1.165) is 6.07 Å². The van der Waals surface area contributed by atoms with E-state index in [0.29, 0.717) is 22.7 Å². The molecule has 0 unspecified atom stereocenters. The number of anilines is 1. The van der Waals surface area contributed by atoms with Crippen LogP contribution in [0.15, 0.2) is 36.4 Å². The zero-order valence-corrected chi connectivity index (χ0v) is 11.2. The van der Waals surface area contributed by atoms with Crippen molar-refractivity contribution in [3.63, 3.8) is 0 Å². The molecule has 2 aromatic rings. The highest BCUT2D eigenvalue weighted by molar-refractivity contribution is 5.59. The van der Waals surface area contributed by atoms with Crippen molar-refractivity contribution in [3.05, 3.63) is 53.6 Å². The molecule has 0 bridgehead atoms. The fraction of sp³-hybridized carbons (Fsp3) is 0.200. The summed E-state index contributed by atoms with van der Waals surface area (Å²) in [4.78, 5) is 0. The summed E-state index contributed by atoms with van der Waals surface area (Å²) in [5.41, 5.74) is 1.20. The second-order valence-electron chi connectivity index (χ2n) is 4.20. The normalized spacial score (nSPS) is 10.2. The van der Waals surface area contributed by atoms with E-state index in [2.05, 4.69) is 5.32 Å². The van der Waals surface area contributed by atoms with Gasteiger partial charge in [-0.15, -0.1) is 0 Å². The first kappa shape index (κ1) is 14.1. The van der Waals surface area contributed by atoms with Crippen LogP contribution >= 0.6 is 0 Å². The maximum atomic E-state index is 13.1. The number of benzene rings is 2. The molecule has 0 saturated carbocycles. The standard InChI is InChI=1S/C15H15F2NO2/c1-19-13-3-4-15(20-2)14(8-13)18-9-10-5-11(16)7-12(17)6-10/h3-8,18H,9H2,1-2H3. The fourth-order valence-electron chi connectivity index (χ4n) is 1.86. The molecule has 5 heteroatoms. The van der Waals surface area contributed by atoms with Gasteiger partial charge in [0.05, 0.1) is 19.9 Å². The lowest BCUT2D eigenvalue weighted by molar-refractivity contribution is 0.404. The van der Waals surface area contributed by atoms with Crippen LogP contribution in [0.4, 0.5) is 14.5 Å². The topological polar surface area (TPSA) is 30.5 Å². The van der Waals surface area contributed by atoms with Crippen LogP contribution in [0.25, 0.3) is 0 Å². The molecular formula is C15H15F2NO2. The molecule has 2 aromatic carbocycles. The van der Waals surface area contributed by atoms with E-state index in [1.807, 2.05) is 0 Å². The highest BCUT2D eigenvalue weighted by Gasteiger charge is 2.06. The molecule has 0 aliphatic heterocycles. The van der Waals surface area contributed by atoms with Crippen molar-refractivity contribution in [2.75, 3.05) is 19.5 Å². The fourth-order valence-corrected chi connectivity index (χ4v) is 1.86. The lowest BCUT2D eigenvalue weighted by Crippen LogP contribution is -2.02. The van der Waals surface area contributed by atoms with Crippen molar-refractivity contribution in [1.82, 2.24) is 0 Å². The zero-order valence-electron chi connectivity index (χ0n) is 11.2. The Morgan fingerprint density at radius 1 is 0.950 bits per heavy atom. The predicted molar refractivity (Wildman–Crippen MR) is 73.2 cm³/mol.